The highest BCUT2D eigenvalue weighted by atomic mass is 79.9. The summed E-state index contributed by atoms with van der Waals surface area (Å²) < 4.78 is 45.9. The van der Waals surface area contributed by atoms with Gasteiger partial charge in [0.15, 0.2) is 11.5 Å². The lowest BCUT2D eigenvalue weighted by Crippen LogP contribution is -2.41. The van der Waals surface area contributed by atoms with Gasteiger partial charge in [-0.3, -0.25) is 15.0 Å². The molecule has 2 heterocycles. The summed E-state index contributed by atoms with van der Waals surface area (Å²) in [5.74, 6) is -2.12. The van der Waals surface area contributed by atoms with Crippen molar-refractivity contribution in [2.45, 2.75) is 6.18 Å². The summed E-state index contributed by atoms with van der Waals surface area (Å²) in [6.45, 7) is 0. The number of benzene rings is 2. The number of alkyl halides is 3. The van der Waals surface area contributed by atoms with E-state index >= 15 is 0 Å². The predicted octanol–water partition coefficient (Wildman–Crippen LogP) is 5.11. The smallest absolute Gasteiger partial charge is 0.435 e. The number of rotatable bonds is 4. The molecule has 0 saturated heterocycles. The summed E-state index contributed by atoms with van der Waals surface area (Å²) in [4.78, 5) is 41.7. The van der Waals surface area contributed by atoms with Crippen LogP contribution in [0.2, 0.25) is 5.02 Å². The number of nitrogens with zero attached hydrogens (tertiary/aromatic N) is 3. The standard InChI is InChI=1S/C23H15BrClF3N6O4/c1-38-22(37)32-31-20(35)13-9-11-5-2-3-6-12(11)17(24)18(13)30-21(36)15-10-16(23(26,27)28)33-34(15)19-14(25)7-4-8-29-19/h2-10H,1H3,(H,30,36)(H,31,35)(H,32,37). The average Bonchev–Trinajstić information content (AvgIpc) is 3.35. The second kappa shape index (κ2) is 10.7. The highest BCUT2D eigenvalue weighted by molar-refractivity contribution is 9.10. The van der Waals surface area contributed by atoms with E-state index in [9.17, 15) is 27.6 Å². The molecular formula is C23H15BrClF3N6O4. The minimum Gasteiger partial charge on any atom is -0.452 e. The normalized spacial score (nSPS) is 11.2. The van der Waals surface area contributed by atoms with Crippen LogP contribution in [0.15, 0.2) is 59.2 Å². The Bertz CT molecular complexity index is 1580. The third kappa shape index (κ3) is 5.40. The van der Waals surface area contributed by atoms with E-state index < -0.39 is 35.5 Å². The van der Waals surface area contributed by atoms with Gasteiger partial charge >= 0.3 is 12.3 Å². The Morgan fingerprint density at radius 2 is 1.79 bits per heavy atom. The fourth-order valence-corrected chi connectivity index (χ4v) is 4.26. The Morgan fingerprint density at radius 3 is 2.47 bits per heavy atom. The predicted molar refractivity (Wildman–Crippen MR) is 134 cm³/mol. The molecule has 0 aliphatic rings. The summed E-state index contributed by atoms with van der Waals surface area (Å²) in [5, 5.41) is 7.08. The van der Waals surface area contributed by atoms with Gasteiger partial charge in [-0.1, -0.05) is 35.9 Å². The van der Waals surface area contributed by atoms with E-state index in [1.807, 2.05) is 5.43 Å². The van der Waals surface area contributed by atoms with Gasteiger partial charge in [0, 0.05) is 16.7 Å². The van der Waals surface area contributed by atoms with E-state index in [0.29, 0.717) is 21.5 Å². The molecule has 10 nitrogen and oxygen atoms in total. The molecule has 3 N–H and O–H groups in total. The number of carbonyl (C=O) groups is 3. The fraction of sp³-hybridized carbons (Fsp3) is 0.0870. The number of anilines is 1. The van der Waals surface area contributed by atoms with Crippen LogP contribution in [-0.2, 0) is 10.9 Å². The van der Waals surface area contributed by atoms with Gasteiger partial charge in [0.2, 0.25) is 0 Å². The van der Waals surface area contributed by atoms with Gasteiger partial charge < -0.3 is 10.1 Å². The molecule has 196 valence electrons. The number of hydrazine groups is 1. The quantitative estimate of drug-likeness (QED) is 0.275. The van der Waals surface area contributed by atoms with Crippen LogP contribution in [0.25, 0.3) is 16.6 Å². The second-order valence-corrected chi connectivity index (χ2v) is 8.69. The Kier molecular flexibility index (Phi) is 7.55. The second-order valence-electron chi connectivity index (χ2n) is 7.49. The van der Waals surface area contributed by atoms with Crippen LogP contribution < -0.4 is 16.2 Å². The molecule has 0 saturated carbocycles. The Hall–Kier alpha value is -4.17. The van der Waals surface area contributed by atoms with Crippen LogP contribution in [0, 0.1) is 0 Å². The molecule has 0 aliphatic heterocycles. The molecule has 4 aromatic rings. The molecule has 0 bridgehead atoms. The number of carbonyl (C=O) groups excluding carboxylic acids is 3. The zero-order valence-corrected chi connectivity index (χ0v) is 21.4. The van der Waals surface area contributed by atoms with Gasteiger partial charge in [0.25, 0.3) is 11.8 Å². The van der Waals surface area contributed by atoms with Crippen LogP contribution in [0.5, 0.6) is 0 Å². The van der Waals surface area contributed by atoms with Crippen molar-refractivity contribution in [2.75, 3.05) is 12.4 Å². The van der Waals surface area contributed by atoms with Gasteiger partial charge in [0.1, 0.15) is 5.69 Å². The van der Waals surface area contributed by atoms with Crippen molar-refractivity contribution in [3.8, 4) is 5.82 Å². The number of pyridine rings is 1. The van der Waals surface area contributed by atoms with Crippen LogP contribution in [-0.4, -0.2) is 39.8 Å². The number of ether oxygens (including phenoxy) is 1. The number of hydrogen-bond acceptors (Lipinski definition) is 6. The molecule has 0 atom stereocenters. The maximum Gasteiger partial charge on any atom is 0.435 e. The average molecular weight is 612 g/mol. The molecule has 3 amide bonds. The Labute approximate surface area is 225 Å². The first-order chi connectivity index (χ1) is 18.0. The first-order valence-electron chi connectivity index (χ1n) is 10.5. The minimum atomic E-state index is -4.88. The number of fused-ring (bicyclic) bond motifs is 1. The molecule has 38 heavy (non-hydrogen) atoms. The topological polar surface area (TPSA) is 127 Å². The van der Waals surface area contributed by atoms with Gasteiger partial charge in [-0.15, -0.1) is 0 Å². The summed E-state index contributed by atoms with van der Waals surface area (Å²) >= 11 is 9.47. The Morgan fingerprint density at radius 1 is 1.05 bits per heavy atom. The van der Waals surface area contributed by atoms with Crippen LogP contribution in [0.1, 0.15) is 26.5 Å². The number of halogens is 5. The number of amides is 3. The number of hydrogen-bond donors (Lipinski definition) is 3. The maximum absolute atomic E-state index is 13.5. The highest BCUT2D eigenvalue weighted by Gasteiger charge is 2.37. The van der Waals surface area contributed by atoms with E-state index in [1.165, 1.54) is 24.4 Å². The van der Waals surface area contributed by atoms with Gasteiger partial charge in [-0.2, -0.15) is 18.3 Å². The third-order valence-electron chi connectivity index (χ3n) is 5.10. The first kappa shape index (κ1) is 26.9. The molecule has 0 aliphatic carbocycles. The highest BCUT2D eigenvalue weighted by Crippen LogP contribution is 2.36. The van der Waals surface area contributed by atoms with Crippen molar-refractivity contribution in [1.82, 2.24) is 25.6 Å². The maximum atomic E-state index is 13.5. The van der Waals surface area contributed by atoms with E-state index in [2.05, 4.69) is 41.5 Å². The molecule has 4 rings (SSSR count). The van der Waals surface area contributed by atoms with Crippen molar-refractivity contribution >= 4 is 61.9 Å². The van der Waals surface area contributed by atoms with Crippen molar-refractivity contribution in [3.63, 3.8) is 0 Å². The zero-order chi connectivity index (χ0) is 27.6. The minimum absolute atomic E-state index is 0.0563. The molecule has 2 aromatic carbocycles. The monoisotopic (exact) mass is 610 g/mol. The zero-order valence-electron chi connectivity index (χ0n) is 19.1. The fourth-order valence-electron chi connectivity index (χ4n) is 3.38. The number of nitrogens with one attached hydrogen (secondary N) is 3. The number of aromatic nitrogens is 3. The van der Waals surface area contributed by atoms with E-state index in [0.717, 1.165) is 7.11 Å². The van der Waals surface area contributed by atoms with Crippen molar-refractivity contribution in [2.24, 2.45) is 0 Å². The van der Waals surface area contributed by atoms with Crippen molar-refractivity contribution in [3.05, 3.63) is 81.2 Å². The van der Waals surface area contributed by atoms with Crippen LogP contribution >= 0.6 is 27.5 Å². The lowest BCUT2D eigenvalue weighted by molar-refractivity contribution is -0.141. The summed E-state index contributed by atoms with van der Waals surface area (Å²) in [7, 11) is 1.09. The van der Waals surface area contributed by atoms with E-state index in [4.69, 9.17) is 11.6 Å². The van der Waals surface area contributed by atoms with Gasteiger partial charge in [-0.25, -0.2) is 19.9 Å². The lowest BCUT2D eigenvalue weighted by Gasteiger charge is -2.16. The Balaban J connectivity index is 1.82. The lowest BCUT2D eigenvalue weighted by atomic mass is 10.0. The van der Waals surface area contributed by atoms with E-state index in [-0.39, 0.29) is 26.6 Å². The van der Waals surface area contributed by atoms with Crippen LogP contribution in [0.4, 0.5) is 23.7 Å². The first-order valence-corrected chi connectivity index (χ1v) is 11.6. The third-order valence-corrected chi connectivity index (χ3v) is 6.22. The molecule has 0 spiro atoms. The molecule has 2 aromatic heterocycles. The molecule has 0 unspecified atom stereocenters. The van der Waals surface area contributed by atoms with Gasteiger partial charge in [-0.05, 0) is 44.9 Å². The summed E-state index contributed by atoms with van der Waals surface area (Å²) in [6, 6.07) is 11.6. The molecule has 0 fully saturated rings. The molecule has 15 heteroatoms. The van der Waals surface area contributed by atoms with Crippen molar-refractivity contribution in [1.29, 1.82) is 0 Å². The number of methoxy groups -OCH3 is 1. The van der Waals surface area contributed by atoms with Crippen molar-refractivity contribution < 1.29 is 32.3 Å². The molecule has 0 radical (unpaired) electrons. The van der Waals surface area contributed by atoms with Crippen LogP contribution in [0.3, 0.4) is 0 Å². The largest absolute Gasteiger partial charge is 0.452 e. The SMILES string of the molecule is COC(=O)NNC(=O)c1cc2ccccc2c(Br)c1NC(=O)c1cc(C(F)(F)F)nn1-c1ncccc1Cl. The van der Waals surface area contributed by atoms with E-state index in [1.54, 1.807) is 24.3 Å². The summed E-state index contributed by atoms with van der Waals surface area (Å²) in [5.41, 5.74) is 2.02. The van der Waals surface area contributed by atoms with Gasteiger partial charge in [0.05, 0.1) is 23.4 Å². The molecular weight excluding hydrogens is 597 g/mol. The summed E-state index contributed by atoms with van der Waals surface area (Å²) in [6.07, 6.45) is -4.57.